The lowest BCUT2D eigenvalue weighted by Crippen LogP contribution is -2.36. The molecule has 0 radical (unpaired) electrons. The Bertz CT molecular complexity index is 692. The van der Waals surface area contributed by atoms with Crippen molar-refractivity contribution in [3.05, 3.63) is 33.8 Å². The highest BCUT2D eigenvalue weighted by atomic mass is 35.5. The van der Waals surface area contributed by atoms with Crippen molar-refractivity contribution in [2.24, 2.45) is 0 Å². The van der Waals surface area contributed by atoms with Crippen molar-refractivity contribution in [2.75, 3.05) is 13.7 Å². The van der Waals surface area contributed by atoms with E-state index in [1.165, 1.54) is 4.57 Å². The van der Waals surface area contributed by atoms with Crippen LogP contribution in [0.1, 0.15) is 13.3 Å². The van der Waals surface area contributed by atoms with E-state index >= 15 is 0 Å². The molecule has 0 bridgehead atoms. The standard InChI is InChI=1S/C14H17ClN2O4/c1-9(8-20-2)16-13(18)5-6-17-11-4-3-10(15)7-12(11)21-14(17)19/h3-4,7,9H,5-6,8H2,1-2H3,(H,16,18)/t9-/m0/s1. The van der Waals surface area contributed by atoms with E-state index in [4.69, 9.17) is 20.8 Å². The molecule has 1 amide bonds. The van der Waals surface area contributed by atoms with Gasteiger partial charge in [0, 0.05) is 37.2 Å². The minimum absolute atomic E-state index is 0.0703. The molecule has 2 rings (SSSR count). The van der Waals surface area contributed by atoms with E-state index in [-0.39, 0.29) is 24.9 Å². The number of benzene rings is 1. The Hall–Kier alpha value is -1.79. The predicted molar refractivity (Wildman–Crippen MR) is 79.6 cm³/mol. The van der Waals surface area contributed by atoms with E-state index in [2.05, 4.69) is 5.32 Å². The molecule has 0 aliphatic carbocycles. The molecule has 0 saturated carbocycles. The molecule has 1 aromatic carbocycles. The van der Waals surface area contributed by atoms with Crippen molar-refractivity contribution in [1.82, 2.24) is 9.88 Å². The number of fused-ring (bicyclic) bond motifs is 1. The topological polar surface area (TPSA) is 73.5 Å². The van der Waals surface area contributed by atoms with Gasteiger partial charge in [0.05, 0.1) is 12.1 Å². The second kappa shape index (κ2) is 6.78. The van der Waals surface area contributed by atoms with Crippen LogP contribution >= 0.6 is 11.6 Å². The van der Waals surface area contributed by atoms with Crippen LogP contribution in [0.3, 0.4) is 0 Å². The maximum atomic E-state index is 11.8. The number of carbonyl (C=O) groups is 1. The first-order valence-corrected chi connectivity index (χ1v) is 6.96. The molecule has 0 unspecified atom stereocenters. The van der Waals surface area contributed by atoms with Crippen LogP contribution in [0.5, 0.6) is 0 Å². The molecule has 7 heteroatoms. The Kier molecular flexibility index (Phi) is 5.03. The van der Waals surface area contributed by atoms with Gasteiger partial charge in [-0.3, -0.25) is 9.36 Å². The number of ether oxygens (including phenoxy) is 1. The van der Waals surface area contributed by atoms with Gasteiger partial charge in [0.15, 0.2) is 5.58 Å². The summed E-state index contributed by atoms with van der Waals surface area (Å²) in [6.07, 6.45) is 0.186. The molecule has 1 heterocycles. The van der Waals surface area contributed by atoms with Gasteiger partial charge in [-0.1, -0.05) is 11.6 Å². The van der Waals surface area contributed by atoms with Crippen LogP contribution in [0, 0.1) is 0 Å². The molecule has 0 saturated heterocycles. The first-order chi connectivity index (χ1) is 10.0. The number of hydrogen-bond donors (Lipinski definition) is 1. The Labute approximate surface area is 126 Å². The second-order valence-electron chi connectivity index (χ2n) is 4.81. The van der Waals surface area contributed by atoms with Gasteiger partial charge in [-0.15, -0.1) is 0 Å². The van der Waals surface area contributed by atoms with Crippen molar-refractivity contribution in [2.45, 2.75) is 25.9 Å². The van der Waals surface area contributed by atoms with Gasteiger partial charge < -0.3 is 14.5 Å². The van der Waals surface area contributed by atoms with E-state index < -0.39 is 5.76 Å². The molecule has 2 aromatic rings. The van der Waals surface area contributed by atoms with Crippen molar-refractivity contribution in [3.8, 4) is 0 Å². The number of oxazole rings is 1. The van der Waals surface area contributed by atoms with E-state index in [1.54, 1.807) is 25.3 Å². The lowest BCUT2D eigenvalue weighted by atomic mass is 10.3. The number of nitrogens with zero attached hydrogens (tertiary/aromatic N) is 1. The third kappa shape index (κ3) is 3.86. The van der Waals surface area contributed by atoms with Gasteiger partial charge in [-0.05, 0) is 19.1 Å². The van der Waals surface area contributed by atoms with Gasteiger partial charge in [0.2, 0.25) is 5.91 Å². The van der Waals surface area contributed by atoms with Crippen molar-refractivity contribution in [1.29, 1.82) is 0 Å². The molecule has 0 aliphatic heterocycles. The lowest BCUT2D eigenvalue weighted by molar-refractivity contribution is -0.122. The second-order valence-corrected chi connectivity index (χ2v) is 5.24. The predicted octanol–water partition coefficient (Wildman–Crippen LogP) is 1.79. The first-order valence-electron chi connectivity index (χ1n) is 6.58. The maximum Gasteiger partial charge on any atom is 0.419 e. The Morgan fingerprint density at radius 2 is 2.29 bits per heavy atom. The van der Waals surface area contributed by atoms with Crippen molar-refractivity contribution in [3.63, 3.8) is 0 Å². The number of halogens is 1. The van der Waals surface area contributed by atoms with Crippen LogP contribution in [-0.4, -0.2) is 30.2 Å². The number of aromatic nitrogens is 1. The number of nitrogens with one attached hydrogen (secondary N) is 1. The van der Waals surface area contributed by atoms with Gasteiger partial charge in [-0.25, -0.2) is 4.79 Å². The zero-order valence-corrected chi connectivity index (χ0v) is 12.6. The summed E-state index contributed by atoms with van der Waals surface area (Å²) < 4.78 is 11.5. The molecule has 1 aromatic heterocycles. The van der Waals surface area contributed by atoms with E-state index in [0.717, 1.165) is 0 Å². The number of methoxy groups -OCH3 is 1. The smallest absolute Gasteiger partial charge is 0.408 e. The van der Waals surface area contributed by atoms with Gasteiger partial charge >= 0.3 is 5.76 Å². The molecule has 6 nitrogen and oxygen atoms in total. The molecule has 21 heavy (non-hydrogen) atoms. The summed E-state index contributed by atoms with van der Waals surface area (Å²) in [5.41, 5.74) is 1.04. The number of amides is 1. The van der Waals surface area contributed by atoms with Crippen LogP contribution < -0.4 is 11.1 Å². The summed E-state index contributed by atoms with van der Waals surface area (Å²) in [5, 5.41) is 3.28. The average molecular weight is 313 g/mol. The average Bonchev–Trinajstić information content (AvgIpc) is 2.71. The molecular weight excluding hydrogens is 296 g/mol. The zero-order chi connectivity index (χ0) is 15.4. The summed E-state index contributed by atoms with van der Waals surface area (Å²) in [4.78, 5) is 23.6. The van der Waals surface area contributed by atoms with Crippen molar-refractivity contribution >= 4 is 28.6 Å². The molecule has 1 N–H and O–H groups in total. The monoisotopic (exact) mass is 312 g/mol. The molecular formula is C14H17ClN2O4. The summed E-state index contributed by atoms with van der Waals surface area (Å²) in [6.45, 7) is 2.54. The van der Waals surface area contributed by atoms with E-state index in [0.29, 0.717) is 22.7 Å². The largest absolute Gasteiger partial charge is 0.419 e. The number of hydrogen-bond acceptors (Lipinski definition) is 4. The molecule has 1 atom stereocenters. The van der Waals surface area contributed by atoms with Crippen LogP contribution in [0.25, 0.3) is 11.1 Å². The Morgan fingerprint density at radius 1 is 1.52 bits per heavy atom. The van der Waals surface area contributed by atoms with E-state index in [9.17, 15) is 9.59 Å². The highest BCUT2D eigenvalue weighted by Crippen LogP contribution is 2.18. The highest BCUT2D eigenvalue weighted by Gasteiger charge is 2.12. The van der Waals surface area contributed by atoms with Crippen molar-refractivity contribution < 1.29 is 13.9 Å². The maximum absolute atomic E-state index is 11.8. The highest BCUT2D eigenvalue weighted by molar-refractivity contribution is 6.31. The zero-order valence-electron chi connectivity index (χ0n) is 11.9. The molecule has 0 spiro atoms. The van der Waals surface area contributed by atoms with Gasteiger partial charge in [-0.2, -0.15) is 0 Å². The van der Waals surface area contributed by atoms with Gasteiger partial charge in [0.25, 0.3) is 0 Å². The number of rotatable bonds is 6. The van der Waals surface area contributed by atoms with Crippen LogP contribution in [0.4, 0.5) is 0 Å². The van der Waals surface area contributed by atoms with Gasteiger partial charge in [0.1, 0.15) is 0 Å². The third-order valence-corrected chi connectivity index (χ3v) is 3.25. The fraction of sp³-hybridized carbons (Fsp3) is 0.429. The minimum Gasteiger partial charge on any atom is -0.408 e. The third-order valence-electron chi connectivity index (χ3n) is 3.02. The summed E-state index contributed by atoms with van der Waals surface area (Å²) >= 11 is 5.85. The summed E-state index contributed by atoms with van der Waals surface area (Å²) in [5.74, 6) is -0.639. The molecule has 0 aliphatic rings. The van der Waals surface area contributed by atoms with E-state index in [1.807, 2.05) is 6.92 Å². The quantitative estimate of drug-likeness (QED) is 0.882. The number of carbonyl (C=O) groups excluding carboxylic acids is 1. The lowest BCUT2D eigenvalue weighted by Gasteiger charge is -2.12. The van der Waals surface area contributed by atoms with Crippen LogP contribution in [-0.2, 0) is 16.1 Å². The van der Waals surface area contributed by atoms with Crippen LogP contribution in [0.2, 0.25) is 5.02 Å². The Morgan fingerprint density at radius 3 is 3.00 bits per heavy atom. The number of aryl methyl sites for hydroxylation is 1. The fourth-order valence-corrected chi connectivity index (χ4v) is 2.27. The first kappa shape index (κ1) is 15.6. The van der Waals surface area contributed by atoms with Crippen LogP contribution in [0.15, 0.2) is 27.4 Å². The molecule has 0 fully saturated rings. The fourth-order valence-electron chi connectivity index (χ4n) is 2.10. The summed E-state index contributed by atoms with van der Waals surface area (Å²) in [7, 11) is 1.57. The minimum atomic E-state index is -0.495. The Balaban J connectivity index is 2.05. The normalized spacial score (nSPS) is 12.5. The summed E-state index contributed by atoms with van der Waals surface area (Å²) in [6, 6.07) is 4.89. The SMILES string of the molecule is COC[C@H](C)NC(=O)CCn1c(=O)oc2cc(Cl)ccc21. The molecule has 114 valence electrons.